The van der Waals surface area contributed by atoms with E-state index in [-0.39, 0.29) is 36.8 Å². The van der Waals surface area contributed by atoms with E-state index in [9.17, 15) is 4.79 Å². The minimum Gasteiger partial charge on any atom is -0.492 e. The maximum absolute atomic E-state index is 12.0. The summed E-state index contributed by atoms with van der Waals surface area (Å²) in [6.45, 7) is 2.52. The first-order valence-electron chi connectivity index (χ1n) is 7.62. The highest BCUT2D eigenvalue weighted by Gasteiger charge is 2.16. The summed E-state index contributed by atoms with van der Waals surface area (Å²) in [5, 5.41) is 6.31. The molecule has 1 fully saturated rings. The van der Waals surface area contributed by atoms with Gasteiger partial charge < -0.3 is 20.3 Å². The lowest BCUT2D eigenvalue weighted by Gasteiger charge is -2.22. The predicted octanol–water partition coefficient (Wildman–Crippen LogP) is 2.50. The number of anilines is 1. The highest BCUT2D eigenvalue weighted by molar-refractivity contribution is 7.99. The fraction of sp³-hybridized carbons (Fsp3) is 0.562. The zero-order valence-corrected chi connectivity index (χ0v) is 16.6. The van der Waals surface area contributed by atoms with Crippen LogP contribution in [0.1, 0.15) is 6.42 Å². The van der Waals surface area contributed by atoms with Gasteiger partial charge in [-0.15, -0.1) is 24.8 Å². The Hall–Kier alpha value is -0.660. The van der Waals surface area contributed by atoms with Crippen LogP contribution in [0.15, 0.2) is 24.3 Å². The Morgan fingerprint density at radius 2 is 2.04 bits per heavy atom. The summed E-state index contributed by atoms with van der Waals surface area (Å²) in [6.07, 6.45) is 0.522. The first-order valence-corrected chi connectivity index (χ1v) is 8.77. The van der Waals surface area contributed by atoms with Crippen molar-refractivity contribution >= 4 is 48.2 Å². The zero-order valence-electron chi connectivity index (χ0n) is 14.1. The van der Waals surface area contributed by atoms with Crippen molar-refractivity contribution in [2.45, 2.75) is 12.5 Å². The third-order valence-electron chi connectivity index (χ3n) is 3.38. The quantitative estimate of drug-likeness (QED) is 0.742. The fourth-order valence-corrected chi connectivity index (χ4v) is 3.12. The van der Waals surface area contributed by atoms with Gasteiger partial charge in [-0.3, -0.25) is 4.79 Å². The normalized spacial score (nSPS) is 16.7. The van der Waals surface area contributed by atoms with Crippen LogP contribution in [0, 0.1) is 0 Å². The highest BCUT2D eigenvalue weighted by atomic mass is 35.5. The number of thioether (sulfide) groups is 1. The molecule has 0 aromatic heterocycles. The molecule has 0 saturated carbocycles. The second-order valence-electron chi connectivity index (χ2n) is 5.65. The minimum atomic E-state index is 0. The van der Waals surface area contributed by atoms with Gasteiger partial charge in [-0.2, -0.15) is 11.8 Å². The molecule has 5 nitrogen and oxygen atoms in total. The number of halogens is 2. The monoisotopic (exact) mass is 395 g/mol. The second kappa shape index (κ2) is 12.7. The Morgan fingerprint density at radius 1 is 1.33 bits per heavy atom. The topological polar surface area (TPSA) is 53.6 Å². The average Bonchev–Trinajstić information content (AvgIpc) is 2.49. The number of benzene rings is 1. The van der Waals surface area contributed by atoms with Crippen molar-refractivity contribution in [1.29, 1.82) is 0 Å². The van der Waals surface area contributed by atoms with E-state index in [0.29, 0.717) is 13.0 Å². The molecule has 1 aromatic rings. The molecule has 1 unspecified atom stereocenters. The second-order valence-corrected chi connectivity index (χ2v) is 6.80. The van der Waals surface area contributed by atoms with Gasteiger partial charge in [-0.05, 0) is 38.4 Å². The summed E-state index contributed by atoms with van der Waals surface area (Å²) >= 11 is 1.90. The Kier molecular flexibility index (Phi) is 12.3. The van der Waals surface area contributed by atoms with E-state index < -0.39 is 0 Å². The van der Waals surface area contributed by atoms with Crippen molar-refractivity contribution in [3.05, 3.63) is 24.3 Å². The first-order chi connectivity index (χ1) is 10.6. The highest BCUT2D eigenvalue weighted by Crippen LogP contribution is 2.17. The van der Waals surface area contributed by atoms with Gasteiger partial charge >= 0.3 is 0 Å². The molecule has 2 rings (SSSR count). The molecule has 138 valence electrons. The molecular formula is C16H27Cl2N3O2S. The van der Waals surface area contributed by atoms with Gasteiger partial charge in [0.25, 0.3) is 0 Å². The molecule has 0 aliphatic carbocycles. The van der Waals surface area contributed by atoms with Gasteiger partial charge in [0.2, 0.25) is 5.91 Å². The van der Waals surface area contributed by atoms with Gasteiger partial charge in [0.15, 0.2) is 0 Å². The number of likely N-dealkylation sites (N-methyl/N-ethyl adjacent to an activating group) is 1. The minimum absolute atomic E-state index is 0. The van der Waals surface area contributed by atoms with E-state index in [0.717, 1.165) is 36.0 Å². The van der Waals surface area contributed by atoms with Gasteiger partial charge in [0.1, 0.15) is 12.4 Å². The standard InChI is InChI=1S/C16H25N3O2S.2ClH/c1-19(2)8-9-21-15-5-3-13(4-6-15)18-16(20)11-14-12-22-10-7-17-14;;/h3-6,14,17H,7-12H2,1-2H3,(H,18,20);2*1H. The molecule has 1 amide bonds. The Balaban J connectivity index is 0.00000264. The van der Waals surface area contributed by atoms with Crippen LogP contribution in [0.2, 0.25) is 0 Å². The molecule has 1 saturated heterocycles. The molecular weight excluding hydrogens is 369 g/mol. The van der Waals surface area contributed by atoms with Crippen molar-refractivity contribution in [2.24, 2.45) is 0 Å². The predicted molar refractivity (Wildman–Crippen MR) is 107 cm³/mol. The zero-order chi connectivity index (χ0) is 15.8. The number of hydrogen-bond donors (Lipinski definition) is 2. The fourth-order valence-electron chi connectivity index (χ4n) is 2.17. The molecule has 8 heteroatoms. The number of carbonyl (C=O) groups is 1. The molecule has 1 heterocycles. The lowest BCUT2D eigenvalue weighted by Crippen LogP contribution is -2.39. The van der Waals surface area contributed by atoms with E-state index >= 15 is 0 Å². The van der Waals surface area contributed by atoms with Crippen LogP contribution in [0.5, 0.6) is 5.75 Å². The molecule has 24 heavy (non-hydrogen) atoms. The smallest absolute Gasteiger partial charge is 0.225 e. The largest absolute Gasteiger partial charge is 0.492 e. The molecule has 2 N–H and O–H groups in total. The maximum atomic E-state index is 12.0. The van der Waals surface area contributed by atoms with Crippen molar-refractivity contribution in [3.8, 4) is 5.75 Å². The summed E-state index contributed by atoms with van der Waals surface area (Å²) in [7, 11) is 4.03. The number of carbonyl (C=O) groups excluding carboxylic acids is 1. The number of ether oxygens (including phenoxy) is 1. The van der Waals surface area contributed by atoms with E-state index in [1.54, 1.807) is 0 Å². The first kappa shape index (κ1) is 23.3. The molecule has 1 atom stereocenters. The van der Waals surface area contributed by atoms with Crippen molar-refractivity contribution in [1.82, 2.24) is 10.2 Å². The summed E-state index contributed by atoms with van der Waals surface area (Å²) in [5.41, 5.74) is 0.813. The van der Waals surface area contributed by atoms with E-state index in [1.807, 2.05) is 50.1 Å². The van der Waals surface area contributed by atoms with E-state index in [2.05, 4.69) is 15.5 Å². The van der Waals surface area contributed by atoms with Crippen LogP contribution in [-0.2, 0) is 4.79 Å². The van der Waals surface area contributed by atoms with Crippen molar-refractivity contribution in [3.63, 3.8) is 0 Å². The van der Waals surface area contributed by atoms with Crippen LogP contribution >= 0.6 is 36.6 Å². The molecule has 1 aliphatic rings. The van der Waals surface area contributed by atoms with Gasteiger partial charge in [-0.25, -0.2) is 0 Å². The third-order valence-corrected chi connectivity index (χ3v) is 4.51. The Bertz CT molecular complexity index is 469. The SMILES string of the molecule is CN(C)CCOc1ccc(NC(=O)CC2CSCCN2)cc1.Cl.Cl. The average molecular weight is 396 g/mol. The van der Waals surface area contributed by atoms with Crippen LogP contribution < -0.4 is 15.4 Å². The molecule has 1 aromatic carbocycles. The summed E-state index contributed by atoms with van der Waals surface area (Å²) in [6, 6.07) is 7.82. The van der Waals surface area contributed by atoms with Crippen LogP contribution in [-0.4, -0.2) is 62.1 Å². The van der Waals surface area contributed by atoms with Crippen molar-refractivity contribution < 1.29 is 9.53 Å². The summed E-state index contributed by atoms with van der Waals surface area (Å²) in [4.78, 5) is 14.1. The number of nitrogens with zero attached hydrogens (tertiary/aromatic N) is 1. The summed E-state index contributed by atoms with van der Waals surface area (Å²) in [5.74, 6) is 3.02. The van der Waals surface area contributed by atoms with Crippen LogP contribution in [0.3, 0.4) is 0 Å². The van der Waals surface area contributed by atoms with Gasteiger partial charge in [0.05, 0.1) is 0 Å². The number of hydrogen-bond acceptors (Lipinski definition) is 5. The molecule has 1 aliphatic heterocycles. The lowest BCUT2D eigenvalue weighted by molar-refractivity contribution is -0.116. The maximum Gasteiger partial charge on any atom is 0.225 e. The van der Waals surface area contributed by atoms with Crippen LogP contribution in [0.4, 0.5) is 5.69 Å². The van der Waals surface area contributed by atoms with Crippen LogP contribution in [0.25, 0.3) is 0 Å². The number of rotatable bonds is 7. The van der Waals surface area contributed by atoms with Gasteiger partial charge in [-0.1, -0.05) is 0 Å². The molecule has 0 spiro atoms. The van der Waals surface area contributed by atoms with E-state index in [1.165, 1.54) is 0 Å². The van der Waals surface area contributed by atoms with E-state index in [4.69, 9.17) is 4.74 Å². The molecule has 0 bridgehead atoms. The van der Waals surface area contributed by atoms with Crippen molar-refractivity contribution in [2.75, 3.05) is 50.6 Å². The molecule has 0 radical (unpaired) electrons. The van der Waals surface area contributed by atoms with Gasteiger partial charge in [0, 0.05) is 42.7 Å². The Labute approximate surface area is 161 Å². The Morgan fingerprint density at radius 3 is 2.62 bits per heavy atom. The summed E-state index contributed by atoms with van der Waals surface area (Å²) < 4.78 is 5.63. The number of amides is 1. The third kappa shape index (κ3) is 8.99. The number of nitrogens with one attached hydrogen (secondary N) is 2. The lowest BCUT2D eigenvalue weighted by atomic mass is 10.2.